The minimum Gasteiger partial charge on any atom is -0.497 e. The zero-order valence-corrected chi connectivity index (χ0v) is 19.6. The van der Waals surface area contributed by atoms with Crippen molar-refractivity contribution in [1.29, 1.82) is 0 Å². The molecule has 4 heteroatoms. The van der Waals surface area contributed by atoms with E-state index < -0.39 is 0 Å². The van der Waals surface area contributed by atoms with Crippen LogP contribution in [0.4, 0.5) is 0 Å². The molecule has 1 aliphatic rings. The van der Waals surface area contributed by atoms with E-state index in [0.717, 1.165) is 58.9 Å². The number of fused-ring (bicyclic) bond motifs is 1. The number of ether oxygens (including phenoxy) is 1. The molecule has 1 aliphatic carbocycles. The van der Waals surface area contributed by atoms with Gasteiger partial charge in [0.2, 0.25) is 0 Å². The Balaban J connectivity index is 1.35. The molecule has 3 aromatic heterocycles. The summed E-state index contributed by atoms with van der Waals surface area (Å²) < 4.78 is 5.32. The Morgan fingerprint density at radius 2 is 1.37 bits per heavy atom. The Hall–Kier alpha value is -4.31. The molecule has 0 spiro atoms. The van der Waals surface area contributed by atoms with Crippen molar-refractivity contribution in [2.45, 2.75) is 19.3 Å². The fourth-order valence-corrected chi connectivity index (χ4v) is 4.88. The zero-order chi connectivity index (χ0) is 23.6. The van der Waals surface area contributed by atoms with Crippen LogP contribution in [0.2, 0.25) is 0 Å². The summed E-state index contributed by atoms with van der Waals surface area (Å²) in [5.41, 5.74) is 10.9. The minimum atomic E-state index is 0.856. The fraction of sp³-hybridized carbons (Fsp3) is 0.129. The Bertz CT molecular complexity index is 1480. The van der Waals surface area contributed by atoms with Crippen LogP contribution in [-0.4, -0.2) is 22.1 Å². The lowest BCUT2D eigenvalue weighted by Gasteiger charge is -2.13. The van der Waals surface area contributed by atoms with Crippen LogP contribution < -0.4 is 4.74 Å². The van der Waals surface area contributed by atoms with Crippen molar-refractivity contribution in [3.8, 4) is 50.8 Å². The third-order valence-corrected chi connectivity index (χ3v) is 6.68. The van der Waals surface area contributed by atoms with Gasteiger partial charge in [0, 0.05) is 23.5 Å². The molecule has 0 N–H and O–H groups in total. The summed E-state index contributed by atoms with van der Waals surface area (Å²) in [6.07, 6.45) is 7.15. The molecule has 35 heavy (non-hydrogen) atoms. The van der Waals surface area contributed by atoms with E-state index in [0.29, 0.717) is 0 Å². The van der Waals surface area contributed by atoms with Crippen molar-refractivity contribution in [2.24, 2.45) is 0 Å². The second kappa shape index (κ2) is 9.15. The van der Waals surface area contributed by atoms with Gasteiger partial charge in [-0.05, 0) is 71.8 Å². The van der Waals surface area contributed by atoms with Crippen LogP contribution in [0.25, 0.3) is 45.0 Å². The van der Waals surface area contributed by atoms with Crippen LogP contribution in [0.5, 0.6) is 5.75 Å². The Kier molecular flexibility index (Phi) is 5.55. The highest BCUT2D eigenvalue weighted by Gasteiger charge is 2.22. The molecule has 2 aromatic carbocycles. The SMILES string of the molecule is COc1ccc(-c2cnc(-c3cccc(-c4ccc(-c5ccccc5)cn4)n3)c3c2CCC3)cc1. The van der Waals surface area contributed by atoms with Gasteiger partial charge in [-0.15, -0.1) is 0 Å². The maximum Gasteiger partial charge on any atom is 0.118 e. The highest BCUT2D eigenvalue weighted by atomic mass is 16.5. The highest BCUT2D eigenvalue weighted by molar-refractivity contribution is 5.75. The van der Waals surface area contributed by atoms with Crippen molar-refractivity contribution in [1.82, 2.24) is 15.0 Å². The topological polar surface area (TPSA) is 47.9 Å². The standard InChI is InChI=1S/C31H25N3O/c1-35-24-16-13-22(14-17-24)27-20-33-31(26-10-5-9-25(26)27)30-12-6-11-29(34-30)28-18-15-23(19-32-28)21-7-3-2-4-8-21/h2-4,6-8,11-20H,5,9-10H2,1H3. The molecule has 0 fully saturated rings. The quantitative estimate of drug-likeness (QED) is 0.285. The van der Waals surface area contributed by atoms with Crippen LogP contribution in [0.3, 0.4) is 0 Å². The fourth-order valence-electron chi connectivity index (χ4n) is 4.88. The molecule has 0 unspecified atom stereocenters. The second-order valence-corrected chi connectivity index (χ2v) is 8.77. The Labute approximate surface area is 205 Å². The van der Waals surface area contributed by atoms with E-state index in [2.05, 4.69) is 36.4 Å². The van der Waals surface area contributed by atoms with Crippen LogP contribution in [-0.2, 0) is 12.8 Å². The van der Waals surface area contributed by atoms with Crippen LogP contribution in [0.15, 0.2) is 97.3 Å². The van der Waals surface area contributed by atoms with Gasteiger partial charge in [0.25, 0.3) is 0 Å². The maximum absolute atomic E-state index is 5.32. The first-order valence-corrected chi connectivity index (χ1v) is 11.9. The molecule has 0 atom stereocenters. The molecule has 0 amide bonds. The number of benzene rings is 2. The molecule has 6 rings (SSSR count). The molecular formula is C31H25N3O. The molecule has 0 bridgehead atoms. The number of hydrogen-bond acceptors (Lipinski definition) is 4. The number of nitrogens with zero attached hydrogens (tertiary/aromatic N) is 3. The highest BCUT2D eigenvalue weighted by Crippen LogP contribution is 2.37. The summed E-state index contributed by atoms with van der Waals surface area (Å²) in [5.74, 6) is 0.862. The van der Waals surface area contributed by atoms with Gasteiger partial charge in [0.1, 0.15) is 5.75 Å². The number of methoxy groups -OCH3 is 1. The van der Waals surface area contributed by atoms with Crippen LogP contribution in [0, 0.1) is 0 Å². The molecule has 170 valence electrons. The van der Waals surface area contributed by atoms with Crippen LogP contribution in [0.1, 0.15) is 17.5 Å². The first-order chi connectivity index (χ1) is 17.3. The molecule has 4 nitrogen and oxygen atoms in total. The van der Waals surface area contributed by atoms with Crippen molar-refractivity contribution in [3.63, 3.8) is 0 Å². The normalized spacial score (nSPS) is 12.4. The van der Waals surface area contributed by atoms with Gasteiger partial charge in [-0.2, -0.15) is 0 Å². The lowest BCUT2D eigenvalue weighted by atomic mass is 9.97. The van der Waals surface area contributed by atoms with Gasteiger partial charge in [0.05, 0.1) is 29.9 Å². The number of hydrogen-bond donors (Lipinski definition) is 0. The molecule has 0 saturated heterocycles. The average molecular weight is 456 g/mol. The van der Waals surface area contributed by atoms with Crippen molar-refractivity contribution >= 4 is 0 Å². The summed E-state index contributed by atoms with van der Waals surface area (Å²) in [5, 5.41) is 0. The summed E-state index contributed by atoms with van der Waals surface area (Å²) in [7, 11) is 1.69. The van der Waals surface area contributed by atoms with Gasteiger partial charge in [-0.1, -0.05) is 54.6 Å². The first kappa shape index (κ1) is 21.2. The molecule has 3 heterocycles. The molecule has 0 saturated carbocycles. The van der Waals surface area contributed by atoms with Crippen molar-refractivity contribution in [2.75, 3.05) is 7.11 Å². The maximum atomic E-state index is 5.32. The summed E-state index contributed by atoms with van der Waals surface area (Å²) in [6.45, 7) is 0. The largest absolute Gasteiger partial charge is 0.497 e. The Morgan fingerprint density at radius 1 is 0.600 bits per heavy atom. The van der Waals surface area contributed by atoms with Crippen LogP contribution >= 0.6 is 0 Å². The number of rotatable bonds is 5. The van der Waals surface area contributed by atoms with E-state index >= 15 is 0 Å². The third kappa shape index (κ3) is 4.08. The summed E-state index contributed by atoms with van der Waals surface area (Å²) in [6, 6.07) is 28.8. The van der Waals surface area contributed by atoms with E-state index in [-0.39, 0.29) is 0 Å². The van der Waals surface area contributed by atoms with E-state index in [9.17, 15) is 0 Å². The number of aromatic nitrogens is 3. The molecule has 5 aromatic rings. The predicted molar refractivity (Wildman–Crippen MR) is 140 cm³/mol. The van der Waals surface area contributed by atoms with E-state index in [1.165, 1.54) is 22.3 Å². The smallest absolute Gasteiger partial charge is 0.118 e. The van der Waals surface area contributed by atoms with E-state index in [1.54, 1.807) is 7.11 Å². The van der Waals surface area contributed by atoms with Gasteiger partial charge >= 0.3 is 0 Å². The first-order valence-electron chi connectivity index (χ1n) is 11.9. The third-order valence-electron chi connectivity index (χ3n) is 6.68. The van der Waals surface area contributed by atoms with Crippen molar-refractivity contribution < 1.29 is 4.74 Å². The van der Waals surface area contributed by atoms with Gasteiger partial charge in [-0.25, -0.2) is 4.98 Å². The molecule has 0 radical (unpaired) electrons. The van der Waals surface area contributed by atoms with Crippen molar-refractivity contribution in [3.05, 3.63) is 108 Å². The Morgan fingerprint density at radius 3 is 2.14 bits per heavy atom. The molecule has 0 aliphatic heterocycles. The summed E-state index contributed by atoms with van der Waals surface area (Å²) in [4.78, 5) is 14.6. The monoisotopic (exact) mass is 455 g/mol. The predicted octanol–water partition coefficient (Wildman–Crippen LogP) is 7.04. The second-order valence-electron chi connectivity index (χ2n) is 8.77. The zero-order valence-electron chi connectivity index (χ0n) is 19.6. The summed E-state index contributed by atoms with van der Waals surface area (Å²) >= 11 is 0. The average Bonchev–Trinajstić information content (AvgIpc) is 3.44. The van der Waals surface area contributed by atoms with Gasteiger partial charge < -0.3 is 4.74 Å². The van der Waals surface area contributed by atoms with E-state index in [4.69, 9.17) is 19.7 Å². The lowest BCUT2D eigenvalue weighted by molar-refractivity contribution is 0.415. The van der Waals surface area contributed by atoms with Gasteiger partial charge in [-0.3, -0.25) is 9.97 Å². The molecular weight excluding hydrogens is 430 g/mol. The van der Waals surface area contributed by atoms with E-state index in [1.807, 2.05) is 60.9 Å². The lowest BCUT2D eigenvalue weighted by Crippen LogP contribution is -1.99. The number of pyridine rings is 3. The van der Waals surface area contributed by atoms with Gasteiger partial charge in [0.15, 0.2) is 0 Å². The minimum absolute atomic E-state index is 0.856.